The van der Waals surface area contributed by atoms with Gasteiger partial charge in [0.05, 0.1) is 12.2 Å². The van der Waals surface area contributed by atoms with Crippen molar-refractivity contribution in [2.75, 3.05) is 29.9 Å². The first kappa shape index (κ1) is 20.2. The number of halogens is 1. The summed E-state index contributed by atoms with van der Waals surface area (Å²) in [6, 6.07) is 14.6. The van der Waals surface area contributed by atoms with Gasteiger partial charge in [-0.3, -0.25) is 4.79 Å². The first-order chi connectivity index (χ1) is 13.6. The molecule has 28 heavy (non-hydrogen) atoms. The SMILES string of the molecule is CCCOC(=O)c1ccc(NC(=O)C2CCN(c3cccc(Cl)c3)CC2)cc1. The number of ether oxygens (including phenoxy) is 1. The summed E-state index contributed by atoms with van der Waals surface area (Å²) < 4.78 is 5.11. The van der Waals surface area contributed by atoms with Crippen molar-refractivity contribution in [3.05, 3.63) is 59.1 Å². The van der Waals surface area contributed by atoms with Gasteiger partial charge in [0.2, 0.25) is 5.91 Å². The Hall–Kier alpha value is -2.53. The Balaban J connectivity index is 1.51. The van der Waals surface area contributed by atoms with Gasteiger partial charge in [-0.25, -0.2) is 4.79 Å². The van der Waals surface area contributed by atoms with Crippen LogP contribution in [0.5, 0.6) is 0 Å². The molecular weight excluding hydrogens is 376 g/mol. The molecule has 0 bridgehead atoms. The molecule has 1 amide bonds. The Morgan fingerprint density at radius 1 is 1.14 bits per heavy atom. The van der Waals surface area contributed by atoms with Crippen molar-refractivity contribution in [1.29, 1.82) is 0 Å². The highest BCUT2D eigenvalue weighted by atomic mass is 35.5. The molecule has 148 valence electrons. The second-order valence-corrected chi connectivity index (χ2v) is 7.38. The summed E-state index contributed by atoms with van der Waals surface area (Å²) >= 11 is 6.07. The van der Waals surface area contributed by atoms with Crippen LogP contribution in [0.15, 0.2) is 48.5 Å². The van der Waals surface area contributed by atoms with E-state index in [2.05, 4.69) is 10.2 Å². The van der Waals surface area contributed by atoms with Gasteiger partial charge in [-0.15, -0.1) is 0 Å². The van der Waals surface area contributed by atoms with Crippen LogP contribution >= 0.6 is 11.6 Å². The number of carbonyl (C=O) groups excluding carboxylic acids is 2. The lowest BCUT2D eigenvalue weighted by Crippen LogP contribution is -2.38. The Kier molecular flexibility index (Phi) is 6.93. The lowest BCUT2D eigenvalue weighted by Gasteiger charge is -2.33. The maximum absolute atomic E-state index is 12.6. The Bertz CT molecular complexity index is 815. The minimum atomic E-state index is -0.340. The predicted molar refractivity (Wildman–Crippen MR) is 112 cm³/mol. The zero-order valence-corrected chi connectivity index (χ0v) is 16.7. The molecule has 0 aromatic heterocycles. The van der Waals surface area contributed by atoms with Crippen LogP contribution in [0.25, 0.3) is 0 Å². The van der Waals surface area contributed by atoms with E-state index >= 15 is 0 Å². The number of anilines is 2. The monoisotopic (exact) mass is 400 g/mol. The summed E-state index contributed by atoms with van der Waals surface area (Å²) in [6.07, 6.45) is 2.37. The Morgan fingerprint density at radius 3 is 2.50 bits per heavy atom. The number of amides is 1. The van der Waals surface area contributed by atoms with Crippen molar-refractivity contribution in [2.45, 2.75) is 26.2 Å². The molecule has 0 aliphatic carbocycles. The molecule has 1 aliphatic rings. The van der Waals surface area contributed by atoms with Crippen LogP contribution in [0.2, 0.25) is 5.02 Å². The number of hydrogen-bond donors (Lipinski definition) is 1. The fourth-order valence-electron chi connectivity index (χ4n) is 3.28. The maximum Gasteiger partial charge on any atom is 0.338 e. The van der Waals surface area contributed by atoms with Gasteiger partial charge in [0.25, 0.3) is 0 Å². The van der Waals surface area contributed by atoms with E-state index in [4.69, 9.17) is 16.3 Å². The number of benzene rings is 2. The molecule has 1 fully saturated rings. The molecule has 0 spiro atoms. The molecule has 1 heterocycles. The summed E-state index contributed by atoms with van der Waals surface area (Å²) in [5.41, 5.74) is 2.27. The molecule has 2 aromatic carbocycles. The van der Waals surface area contributed by atoms with E-state index < -0.39 is 0 Å². The van der Waals surface area contributed by atoms with Crippen molar-refractivity contribution < 1.29 is 14.3 Å². The topological polar surface area (TPSA) is 58.6 Å². The number of nitrogens with one attached hydrogen (secondary N) is 1. The molecule has 3 rings (SSSR count). The van der Waals surface area contributed by atoms with E-state index in [-0.39, 0.29) is 17.8 Å². The van der Waals surface area contributed by atoms with Gasteiger partial charge in [0, 0.05) is 35.4 Å². The molecule has 1 saturated heterocycles. The number of esters is 1. The van der Waals surface area contributed by atoms with E-state index in [9.17, 15) is 9.59 Å². The van der Waals surface area contributed by atoms with E-state index in [0.29, 0.717) is 17.9 Å². The molecule has 1 N–H and O–H groups in total. The standard InChI is InChI=1S/C22H25ClN2O3/c1-2-14-28-22(27)17-6-8-19(9-7-17)24-21(26)16-10-12-25(13-11-16)20-5-3-4-18(23)15-20/h3-9,15-16H,2,10-14H2,1H3,(H,24,26). The average Bonchev–Trinajstić information content (AvgIpc) is 2.72. The van der Waals surface area contributed by atoms with Gasteiger partial charge in [0.1, 0.15) is 0 Å². The lowest BCUT2D eigenvalue weighted by atomic mass is 9.95. The second-order valence-electron chi connectivity index (χ2n) is 6.94. The van der Waals surface area contributed by atoms with Crippen molar-refractivity contribution in [1.82, 2.24) is 0 Å². The second kappa shape index (κ2) is 9.60. The van der Waals surface area contributed by atoms with E-state index in [1.807, 2.05) is 31.2 Å². The van der Waals surface area contributed by atoms with Gasteiger partial charge >= 0.3 is 5.97 Å². The summed E-state index contributed by atoms with van der Waals surface area (Å²) in [5, 5.41) is 3.68. The highest BCUT2D eigenvalue weighted by molar-refractivity contribution is 6.30. The zero-order chi connectivity index (χ0) is 19.9. The van der Waals surface area contributed by atoms with Crippen LogP contribution in [0.3, 0.4) is 0 Å². The minimum absolute atomic E-state index is 0.0204. The van der Waals surface area contributed by atoms with Crippen LogP contribution < -0.4 is 10.2 Å². The van der Waals surface area contributed by atoms with Gasteiger partial charge in [-0.05, 0) is 61.7 Å². The number of hydrogen-bond acceptors (Lipinski definition) is 4. The predicted octanol–water partition coefficient (Wildman–Crippen LogP) is 4.76. The van der Waals surface area contributed by atoms with Gasteiger partial charge in [-0.1, -0.05) is 24.6 Å². The van der Waals surface area contributed by atoms with Crippen LogP contribution in [0.4, 0.5) is 11.4 Å². The molecule has 5 nitrogen and oxygen atoms in total. The molecular formula is C22H25ClN2O3. The number of rotatable bonds is 6. The summed E-state index contributed by atoms with van der Waals surface area (Å²) in [6.45, 7) is 4.00. The van der Waals surface area contributed by atoms with Crippen LogP contribution in [-0.2, 0) is 9.53 Å². The first-order valence-corrected chi connectivity index (χ1v) is 10.0. The highest BCUT2D eigenvalue weighted by Crippen LogP contribution is 2.26. The van der Waals surface area contributed by atoms with Crippen molar-refractivity contribution in [3.63, 3.8) is 0 Å². The van der Waals surface area contributed by atoms with Gasteiger partial charge in [0.15, 0.2) is 0 Å². The Morgan fingerprint density at radius 2 is 1.86 bits per heavy atom. The van der Waals surface area contributed by atoms with Crippen molar-refractivity contribution >= 4 is 34.9 Å². The summed E-state index contributed by atoms with van der Waals surface area (Å²) in [4.78, 5) is 26.7. The highest BCUT2D eigenvalue weighted by Gasteiger charge is 2.25. The molecule has 0 atom stereocenters. The average molecular weight is 401 g/mol. The number of piperidine rings is 1. The molecule has 0 saturated carbocycles. The van der Waals surface area contributed by atoms with Crippen LogP contribution in [0, 0.1) is 5.92 Å². The minimum Gasteiger partial charge on any atom is -0.462 e. The third kappa shape index (κ3) is 5.26. The third-order valence-corrected chi connectivity index (χ3v) is 5.10. The fraction of sp³-hybridized carbons (Fsp3) is 0.364. The van der Waals surface area contributed by atoms with Crippen LogP contribution in [0.1, 0.15) is 36.5 Å². The first-order valence-electron chi connectivity index (χ1n) is 9.65. The van der Waals surface area contributed by atoms with Crippen molar-refractivity contribution in [3.8, 4) is 0 Å². The maximum atomic E-state index is 12.6. The summed E-state index contributed by atoms with van der Waals surface area (Å²) in [7, 11) is 0. The normalized spacial score (nSPS) is 14.6. The van der Waals surface area contributed by atoms with E-state index in [1.165, 1.54) is 0 Å². The molecule has 1 aliphatic heterocycles. The zero-order valence-electron chi connectivity index (χ0n) is 16.0. The van der Waals surface area contributed by atoms with Crippen LogP contribution in [-0.4, -0.2) is 31.6 Å². The molecule has 2 aromatic rings. The smallest absolute Gasteiger partial charge is 0.338 e. The van der Waals surface area contributed by atoms with E-state index in [1.54, 1.807) is 24.3 Å². The summed E-state index contributed by atoms with van der Waals surface area (Å²) in [5.74, 6) is -0.343. The largest absolute Gasteiger partial charge is 0.462 e. The molecule has 0 radical (unpaired) electrons. The number of carbonyl (C=O) groups is 2. The third-order valence-electron chi connectivity index (χ3n) is 4.86. The lowest BCUT2D eigenvalue weighted by molar-refractivity contribution is -0.120. The Labute approximate surface area is 170 Å². The van der Waals surface area contributed by atoms with Gasteiger partial charge < -0.3 is 15.0 Å². The fourth-order valence-corrected chi connectivity index (χ4v) is 3.47. The molecule has 6 heteroatoms. The van der Waals surface area contributed by atoms with Crippen molar-refractivity contribution in [2.24, 2.45) is 5.92 Å². The number of nitrogens with zero attached hydrogens (tertiary/aromatic N) is 1. The van der Waals surface area contributed by atoms with Gasteiger partial charge in [-0.2, -0.15) is 0 Å². The van der Waals surface area contributed by atoms with E-state index in [0.717, 1.165) is 43.1 Å². The quantitative estimate of drug-likeness (QED) is 0.710. The molecule has 0 unspecified atom stereocenters.